The van der Waals surface area contributed by atoms with Gasteiger partial charge < -0.3 is 33.8 Å². The zero-order valence-electron chi connectivity index (χ0n) is 64.8. The first-order chi connectivity index (χ1) is 47.9. The van der Waals surface area contributed by atoms with Crippen LogP contribution in [-0.2, 0) is 65.4 Å². The van der Waals surface area contributed by atoms with Crippen LogP contribution in [-0.4, -0.2) is 96.7 Å². The smallest absolute Gasteiger partial charge is 0.462 e. The van der Waals surface area contributed by atoms with Crippen molar-refractivity contribution in [1.82, 2.24) is 0 Å². The van der Waals surface area contributed by atoms with Crippen LogP contribution in [0.4, 0.5) is 0 Å². The Bertz CT molecular complexity index is 1910. The van der Waals surface area contributed by atoms with Crippen LogP contribution in [0.5, 0.6) is 0 Å². The number of aliphatic hydroxyl groups is 1. The lowest BCUT2D eigenvalue weighted by atomic mass is 9.99. The van der Waals surface area contributed by atoms with Crippen molar-refractivity contribution in [2.45, 2.75) is 439 Å². The summed E-state index contributed by atoms with van der Waals surface area (Å²) < 4.78 is 68.5. The second kappa shape index (κ2) is 71.7. The SMILES string of the molecule is CCCCCCCCCCCCCCCCCCCCCCCCC(=O)O[C@H](COC(=O)CCCCCCCCCCCCCCCCCC(C)C)COP(=O)(O)OC[C@@H](O)COP(=O)(O)OC[C@@H](COC(=O)CCCCCCCCC)OC(=O)CCCCCCCCCCC(C)CC. The van der Waals surface area contributed by atoms with Gasteiger partial charge in [0.2, 0.25) is 0 Å². The van der Waals surface area contributed by atoms with Gasteiger partial charge in [-0.1, -0.05) is 369 Å². The van der Waals surface area contributed by atoms with E-state index in [2.05, 4.69) is 41.5 Å². The van der Waals surface area contributed by atoms with Crippen molar-refractivity contribution in [3.63, 3.8) is 0 Å². The average Bonchev–Trinajstić information content (AvgIpc) is 1.03. The van der Waals surface area contributed by atoms with Gasteiger partial charge >= 0.3 is 39.5 Å². The number of phosphoric acid groups is 2. The number of rotatable bonds is 79. The second-order valence-electron chi connectivity index (χ2n) is 29.5. The van der Waals surface area contributed by atoms with Crippen LogP contribution in [0.1, 0.15) is 420 Å². The molecule has 588 valence electrons. The van der Waals surface area contributed by atoms with E-state index in [0.29, 0.717) is 25.7 Å². The third kappa shape index (κ3) is 72.8. The van der Waals surface area contributed by atoms with Crippen LogP contribution >= 0.6 is 15.6 Å². The summed E-state index contributed by atoms with van der Waals surface area (Å²) in [6, 6.07) is 0. The zero-order chi connectivity index (χ0) is 72.8. The molecule has 0 aromatic carbocycles. The van der Waals surface area contributed by atoms with Crippen molar-refractivity contribution in [3.05, 3.63) is 0 Å². The molecule has 0 aliphatic heterocycles. The van der Waals surface area contributed by atoms with E-state index in [1.165, 1.54) is 225 Å². The Labute approximate surface area is 607 Å². The van der Waals surface area contributed by atoms with Gasteiger partial charge in [-0.2, -0.15) is 0 Å². The normalized spacial score (nSPS) is 14.2. The minimum atomic E-state index is -4.96. The molecule has 3 N–H and O–H groups in total. The molecule has 0 aromatic rings. The Morgan fingerprint density at radius 1 is 0.293 bits per heavy atom. The number of hydrogen-bond acceptors (Lipinski definition) is 15. The van der Waals surface area contributed by atoms with Gasteiger partial charge in [-0.05, 0) is 37.5 Å². The number of hydrogen-bond donors (Lipinski definition) is 3. The lowest BCUT2D eigenvalue weighted by molar-refractivity contribution is -0.161. The molecular formula is C80H156O17P2. The highest BCUT2D eigenvalue weighted by Crippen LogP contribution is 2.45. The van der Waals surface area contributed by atoms with Gasteiger partial charge in [0.25, 0.3) is 0 Å². The Morgan fingerprint density at radius 2 is 0.515 bits per heavy atom. The third-order valence-electron chi connectivity index (χ3n) is 19.1. The topological polar surface area (TPSA) is 237 Å². The molecule has 0 amide bonds. The van der Waals surface area contributed by atoms with Crippen LogP contribution in [0.3, 0.4) is 0 Å². The molecular weight excluding hydrogens is 1290 g/mol. The Morgan fingerprint density at radius 3 is 0.768 bits per heavy atom. The summed E-state index contributed by atoms with van der Waals surface area (Å²) in [6.45, 7) is 9.60. The Kier molecular flexibility index (Phi) is 70.3. The van der Waals surface area contributed by atoms with E-state index in [-0.39, 0.29) is 25.7 Å². The minimum Gasteiger partial charge on any atom is -0.462 e. The number of aliphatic hydroxyl groups excluding tert-OH is 1. The van der Waals surface area contributed by atoms with E-state index in [4.69, 9.17) is 37.0 Å². The molecule has 19 heteroatoms. The van der Waals surface area contributed by atoms with Crippen molar-refractivity contribution in [2.24, 2.45) is 11.8 Å². The first kappa shape index (κ1) is 97.1. The van der Waals surface area contributed by atoms with E-state index in [1.807, 2.05) is 0 Å². The van der Waals surface area contributed by atoms with Crippen molar-refractivity contribution >= 4 is 39.5 Å². The first-order valence-corrected chi connectivity index (χ1v) is 44.5. The lowest BCUT2D eigenvalue weighted by Gasteiger charge is -2.21. The van der Waals surface area contributed by atoms with Crippen LogP contribution in [0, 0.1) is 11.8 Å². The Balaban J connectivity index is 5.16. The van der Waals surface area contributed by atoms with E-state index >= 15 is 0 Å². The predicted octanol–water partition coefficient (Wildman–Crippen LogP) is 23.9. The number of ether oxygens (including phenoxy) is 4. The highest BCUT2D eigenvalue weighted by Gasteiger charge is 2.30. The Hall–Kier alpha value is -1.94. The number of esters is 4. The molecule has 6 atom stereocenters. The van der Waals surface area contributed by atoms with Gasteiger partial charge in [0.1, 0.15) is 19.3 Å². The number of unbranched alkanes of at least 4 members (excludes halogenated alkanes) is 48. The van der Waals surface area contributed by atoms with Crippen LogP contribution in [0.2, 0.25) is 0 Å². The summed E-state index contributed by atoms with van der Waals surface area (Å²) >= 11 is 0. The summed E-state index contributed by atoms with van der Waals surface area (Å²) in [4.78, 5) is 72.8. The fourth-order valence-corrected chi connectivity index (χ4v) is 13.9. The third-order valence-corrected chi connectivity index (χ3v) is 21.0. The maximum atomic E-state index is 13.1. The van der Waals surface area contributed by atoms with Gasteiger partial charge in [-0.25, -0.2) is 9.13 Å². The van der Waals surface area contributed by atoms with Crippen LogP contribution < -0.4 is 0 Å². The molecule has 0 heterocycles. The second-order valence-corrected chi connectivity index (χ2v) is 32.4. The molecule has 3 unspecified atom stereocenters. The van der Waals surface area contributed by atoms with E-state index in [0.717, 1.165) is 115 Å². The zero-order valence-corrected chi connectivity index (χ0v) is 66.6. The fourth-order valence-electron chi connectivity index (χ4n) is 12.3. The first-order valence-electron chi connectivity index (χ1n) is 41.5. The number of carbonyl (C=O) groups is 4. The monoisotopic (exact) mass is 1450 g/mol. The van der Waals surface area contributed by atoms with Gasteiger partial charge in [0.15, 0.2) is 12.2 Å². The average molecular weight is 1450 g/mol. The lowest BCUT2D eigenvalue weighted by Crippen LogP contribution is -2.30. The highest BCUT2D eigenvalue weighted by atomic mass is 31.2. The van der Waals surface area contributed by atoms with Crippen molar-refractivity contribution < 1.29 is 80.2 Å². The summed E-state index contributed by atoms with van der Waals surface area (Å²) in [5.74, 6) is -0.542. The van der Waals surface area contributed by atoms with Gasteiger partial charge in [-0.3, -0.25) is 37.3 Å². The summed E-state index contributed by atoms with van der Waals surface area (Å²) in [5.41, 5.74) is 0. The predicted molar refractivity (Wildman–Crippen MR) is 405 cm³/mol. The quantitative estimate of drug-likeness (QED) is 0.0222. The van der Waals surface area contributed by atoms with Gasteiger partial charge in [0.05, 0.1) is 26.4 Å². The molecule has 0 fully saturated rings. The molecule has 0 bridgehead atoms. The molecule has 17 nitrogen and oxygen atoms in total. The van der Waals surface area contributed by atoms with Crippen molar-refractivity contribution in [3.8, 4) is 0 Å². The molecule has 0 aliphatic rings. The molecule has 0 saturated carbocycles. The van der Waals surface area contributed by atoms with Gasteiger partial charge in [-0.15, -0.1) is 0 Å². The van der Waals surface area contributed by atoms with Crippen molar-refractivity contribution in [1.29, 1.82) is 0 Å². The summed E-state index contributed by atoms with van der Waals surface area (Å²) in [7, 11) is -9.91. The van der Waals surface area contributed by atoms with E-state index in [9.17, 15) is 43.2 Å². The number of phosphoric ester groups is 2. The van der Waals surface area contributed by atoms with Crippen molar-refractivity contribution in [2.75, 3.05) is 39.6 Å². The number of carbonyl (C=O) groups excluding carboxylic acids is 4. The standard InChI is InChI=1S/C80H156O17P2/c1-7-10-12-14-16-17-18-19-20-21-22-23-24-25-26-29-33-36-39-46-52-58-64-79(84)96-76(69-91-78(83)63-57-51-45-38-35-32-30-27-28-31-34-37-43-48-54-60-72(4)5)71-95-99(88,89)93-67-74(81)66-92-98(86,87)94-70-75(68-90-77(82)62-56-50-42-15-13-11-8-2)97-80(85)65-59-53-47-41-40-44-49-55-61-73(6)9-3/h72-76,81H,7-71H2,1-6H3,(H,86,87)(H,88,89)/t73?,74-,75+,76+/m0/s1. The molecule has 0 radical (unpaired) electrons. The molecule has 0 aromatic heterocycles. The molecule has 0 rings (SSSR count). The van der Waals surface area contributed by atoms with Gasteiger partial charge in [0, 0.05) is 25.7 Å². The molecule has 0 saturated heterocycles. The summed E-state index contributed by atoms with van der Waals surface area (Å²) in [5, 5.41) is 10.6. The molecule has 99 heavy (non-hydrogen) atoms. The largest absolute Gasteiger partial charge is 0.472 e. The van der Waals surface area contributed by atoms with E-state index < -0.39 is 97.5 Å². The maximum absolute atomic E-state index is 13.1. The fraction of sp³-hybridized carbons (Fsp3) is 0.950. The van der Waals surface area contributed by atoms with Crippen LogP contribution in [0.25, 0.3) is 0 Å². The minimum absolute atomic E-state index is 0.105. The highest BCUT2D eigenvalue weighted by molar-refractivity contribution is 7.47. The van der Waals surface area contributed by atoms with Crippen LogP contribution in [0.15, 0.2) is 0 Å². The molecule has 0 spiro atoms. The van der Waals surface area contributed by atoms with E-state index in [1.54, 1.807) is 0 Å². The summed E-state index contributed by atoms with van der Waals surface area (Å²) in [6.07, 6.45) is 61.4. The maximum Gasteiger partial charge on any atom is 0.472 e. The molecule has 0 aliphatic carbocycles.